The topological polar surface area (TPSA) is 35.5 Å². The summed E-state index contributed by atoms with van der Waals surface area (Å²) in [6.07, 6.45) is -0.598. The Labute approximate surface area is 93.7 Å². The van der Waals surface area contributed by atoms with E-state index in [9.17, 15) is 13.9 Å². The highest BCUT2D eigenvalue weighted by Crippen LogP contribution is 2.14. The SMILES string of the molecule is CN(C)CC(O)CNc1ccc(F)cc1F. The molecule has 1 rings (SSSR count). The summed E-state index contributed by atoms with van der Waals surface area (Å²) in [5, 5.41) is 12.3. The largest absolute Gasteiger partial charge is 0.390 e. The third kappa shape index (κ3) is 4.12. The first-order valence-electron chi connectivity index (χ1n) is 5.00. The first-order valence-corrected chi connectivity index (χ1v) is 5.00. The van der Waals surface area contributed by atoms with Crippen LogP contribution in [0.25, 0.3) is 0 Å². The number of nitrogens with one attached hydrogen (secondary N) is 1. The smallest absolute Gasteiger partial charge is 0.149 e. The third-order valence-electron chi connectivity index (χ3n) is 2.04. The van der Waals surface area contributed by atoms with Crippen molar-refractivity contribution in [2.24, 2.45) is 0 Å². The number of rotatable bonds is 5. The van der Waals surface area contributed by atoms with Crippen LogP contribution in [0, 0.1) is 11.6 Å². The van der Waals surface area contributed by atoms with Crippen LogP contribution in [0.2, 0.25) is 0 Å². The second kappa shape index (κ2) is 5.77. The van der Waals surface area contributed by atoms with Crippen molar-refractivity contribution in [2.75, 3.05) is 32.5 Å². The zero-order chi connectivity index (χ0) is 12.1. The van der Waals surface area contributed by atoms with E-state index >= 15 is 0 Å². The van der Waals surface area contributed by atoms with Gasteiger partial charge in [0.25, 0.3) is 0 Å². The van der Waals surface area contributed by atoms with E-state index in [4.69, 9.17) is 0 Å². The molecule has 0 fully saturated rings. The molecule has 0 aromatic heterocycles. The molecule has 0 aliphatic heterocycles. The second-order valence-electron chi connectivity index (χ2n) is 3.92. The van der Waals surface area contributed by atoms with Crippen molar-refractivity contribution < 1.29 is 13.9 Å². The van der Waals surface area contributed by atoms with E-state index < -0.39 is 17.7 Å². The van der Waals surface area contributed by atoms with Crippen LogP contribution in [0.3, 0.4) is 0 Å². The van der Waals surface area contributed by atoms with Crippen molar-refractivity contribution in [3.63, 3.8) is 0 Å². The summed E-state index contributed by atoms with van der Waals surface area (Å²) in [5.74, 6) is -1.27. The van der Waals surface area contributed by atoms with Crippen LogP contribution in [0.4, 0.5) is 14.5 Å². The van der Waals surface area contributed by atoms with Crippen LogP contribution in [-0.2, 0) is 0 Å². The number of halogens is 2. The molecule has 0 saturated carbocycles. The standard InChI is InChI=1S/C11H16F2N2O/c1-15(2)7-9(16)6-14-11-4-3-8(12)5-10(11)13/h3-5,9,14,16H,6-7H2,1-2H3. The maximum atomic E-state index is 13.2. The van der Waals surface area contributed by atoms with Gasteiger partial charge in [-0.25, -0.2) is 8.78 Å². The summed E-state index contributed by atoms with van der Waals surface area (Å²) in [6.45, 7) is 0.705. The third-order valence-corrected chi connectivity index (χ3v) is 2.04. The molecule has 2 N–H and O–H groups in total. The molecule has 16 heavy (non-hydrogen) atoms. The average molecular weight is 230 g/mol. The monoisotopic (exact) mass is 230 g/mol. The highest BCUT2D eigenvalue weighted by atomic mass is 19.1. The van der Waals surface area contributed by atoms with Gasteiger partial charge in [-0.3, -0.25) is 0 Å². The van der Waals surface area contributed by atoms with Crippen molar-refractivity contribution in [1.29, 1.82) is 0 Å². The van der Waals surface area contributed by atoms with Crippen molar-refractivity contribution in [3.05, 3.63) is 29.8 Å². The molecule has 1 unspecified atom stereocenters. The molecule has 1 aromatic rings. The van der Waals surface area contributed by atoms with Crippen LogP contribution in [0.5, 0.6) is 0 Å². The summed E-state index contributed by atoms with van der Waals surface area (Å²) in [4.78, 5) is 1.83. The predicted molar refractivity (Wildman–Crippen MR) is 59.4 cm³/mol. The maximum absolute atomic E-state index is 13.2. The van der Waals surface area contributed by atoms with Gasteiger partial charge in [0.1, 0.15) is 11.6 Å². The lowest BCUT2D eigenvalue weighted by atomic mass is 10.2. The predicted octanol–water partition coefficient (Wildman–Crippen LogP) is 1.30. The van der Waals surface area contributed by atoms with Gasteiger partial charge in [0.2, 0.25) is 0 Å². The van der Waals surface area contributed by atoms with E-state index in [1.807, 2.05) is 19.0 Å². The molecule has 0 radical (unpaired) electrons. The Hall–Kier alpha value is -1.20. The van der Waals surface area contributed by atoms with Gasteiger partial charge in [-0.15, -0.1) is 0 Å². The minimum atomic E-state index is -0.656. The molecule has 0 saturated heterocycles. The molecule has 0 aliphatic rings. The fraction of sp³-hybridized carbons (Fsp3) is 0.455. The molecule has 1 atom stereocenters. The van der Waals surface area contributed by atoms with Gasteiger partial charge in [-0.1, -0.05) is 0 Å². The number of nitrogens with zero attached hydrogens (tertiary/aromatic N) is 1. The van der Waals surface area contributed by atoms with E-state index in [0.717, 1.165) is 6.07 Å². The van der Waals surface area contributed by atoms with Gasteiger partial charge in [-0.05, 0) is 26.2 Å². The van der Waals surface area contributed by atoms with Crippen molar-refractivity contribution in [1.82, 2.24) is 4.90 Å². The quantitative estimate of drug-likeness (QED) is 0.800. The Kier molecular flexibility index (Phi) is 4.64. The second-order valence-corrected chi connectivity index (χ2v) is 3.92. The summed E-state index contributed by atoms with van der Waals surface area (Å²) in [5.41, 5.74) is 0.194. The van der Waals surface area contributed by atoms with Gasteiger partial charge in [0.05, 0.1) is 11.8 Å². The van der Waals surface area contributed by atoms with Crippen LogP contribution >= 0.6 is 0 Å². The molecule has 0 aliphatic carbocycles. The Bertz CT molecular complexity index is 345. The number of aliphatic hydroxyl groups is 1. The fourth-order valence-corrected chi connectivity index (χ4v) is 1.35. The van der Waals surface area contributed by atoms with Crippen LogP contribution in [-0.4, -0.2) is 43.3 Å². The van der Waals surface area contributed by atoms with Crippen LogP contribution in [0.15, 0.2) is 18.2 Å². The molecule has 0 spiro atoms. The number of likely N-dealkylation sites (N-methyl/N-ethyl adjacent to an activating group) is 1. The minimum Gasteiger partial charge on any atom is -0.390 e. The molecule has 5 heteroatoms. The zero-order valence-electron chi connectivity index (χ0n) is 9.37. The summed E-state index contributed by atoms with van der Waals surface area (Å²) in [6, 6.07) is 3.29. The molecular weight excluding hydrogens is 214 g/mol. The summed E-state index contributed by atoms with van der Waals surface area (Å²) >= 11 is 0. The van der Waals surface area contributed by atoms with E-state index in [1.165, 1.54) is 12.1 Å². The Balaban J connectivity index is 2.48. The molecule has 0 amide bonds. The van der Waals surface area contributed by atoms with E-state index in [0.29, 0.717) is 6.54 Å². The van der Waals surface area contributed by atoms with E-state index in [1.54, 1.807) is 0 Å². The lowest BCUT2D eigenvalue weighted by molar-refractivity contribution is 0.148. The number of benzene rings is 1. The molecule has 3 nitrogen and oxygen atoms in total. The number of hydrogen-bond acceptors (Lipinski definition) is 3. The Morgan fingerprint density at radius 2 is 2.06 bits per heavy atom. The highest BCUT2D eigenvalue weighted by Gasteiger charge is 2.07. The number of anilines is 1. The molecule has 90 valence electrons. The average Bonchev–Trinajstić information content (AvgIpc) is 2.15. The van der Waals surface area contributed by atoms with Gasteiger partial charge < -0.3 is 15.3 Å². The molecule has 0 heterocycles. The Morgan fingerprint density at radius 3 is 2.62 bits per heavy atom. The van der Waals surface area contributed by atoms with Gasteiger partial charge in [0, 0.05) is 19.2 Å². The summed E-state index contributed by atoms with van der Waals surface area (Å²) < 4.78 is 25.8. The molecular formula is C11H16F2N2O. The van der Waals surface area contributed by atoms with Crippen molar-refractivity contribution in [2.45, 2.75) is 6.10 Å². The first kappa shape index (κ1) is 12.9. The molecule has 1 aromatic carbocycles. The number of aliphatic hydroxyl groups excluding tert-OH is 1. The van der Waals surface area contributed by atoms with E-state index in [2.05, 4.69) is 5.32 Å². The van der Waals surface area contributed by atoms with Crippen LogP contribution in [0.1, 0.15) is 0 Å². The minimum absolute atomic E-state index is 0.194. The van der Waals surface area contributed by atoms with Crippen LogP contribution < -0.4 is 5.32 Å². The van der Waals surface area contributed by atoms with Gasteiger partial charge in [-0.2, -0.15) is 0 Å². The normalized spacial score (nSPS) is 12.9. The first-order chi connectivity index (χ1) is 7.49. The summed E-state index contributed by atoms with van der Waals surface area (Å²) in [7, 11) is 3.67. The highest BCUT2D eigenvalue weighted by molar-refractivity contribution is 5.44. The van der Waals surface area contributed by atoms with Crippen molar-refractivity contribution in [3.8, 4) is 0 Å². The number of hydrogen-bond donors (Lipinski definition) is 2. The zero-order valence-corrected chi connectivity index (χ0v) is 9.37. The Morgan fingerprint density at radius 1 is 1.38 bits per heavy atom. The fourth-order valence-electron chi connectivity index (χ4n) is 1.35. The lowest BCUT2D eigenvalue weighted by Crippen LogP contribution is -2.31. The maximum Gasteiger partial charge on any atom is 0.149 e. The molecule has 0 bridgehead atoms. The van der Waals surface area contributed by atoms with Crippen molar-refractivity contribution >= 4 is 5.69 Å². The lowest BCUT2D eigenvalue weighted by Gasteiger charge is -2.17. The van der Waals surface area contributed by atoms with Gasteiger partial charge >= 0.3 is 0 Å². The van der Waals surface area contributed by atoms with Gasteiger partial charge in [0.15, 0.2) is 0 Å². The van der Waals surface area contributed by atoms with E-state index in [-0.39, 0.29) is 12.2 Å².